The minimum Gasteiger partial charge on any atom is -0.356 e. The molecule has 8 nitrogen and oxygen atoms in total. The number of amides is 3. The van der Waals surface area contributed by atoms with Gasteiger partial charge in [-0.05, 0) is 67.9 Å². The SMILES string of the molecule is C/C(CC(=O)Nc1ccc(Nc2ccccc2)cc1)=N\NC(=O)C(=O)Nc1cccc(Cl)c1C. The molecule has 0 aliphatic rings. The van der Waals surface area contributed by atoms with Gasteiger partial charge >= 0.3 is 11.8 Å². The Hall–Kier alpha value is -4.17. The van der Waals surface area contributed by atoms with Gasteiger partial charge in [-0.2, -0.15) is 5.10 Å². The zero-order valence-electron chi connectivity index (χ0n) is 18.7. The molecule has 0 spiro atoms. The summed E-state index contributed by atoms with van der Waals surface area (Å²) < 4.78 is 0. The average molecular weight is 478 g/mol. The Morgan fingerprint density at radius 1 is 0.794 bits per heavy atom. The van der Waals surface area contributed by atoms with Crippen molar-refractivity contribution in [3.63, 3.8) is 0 Å². The van der Waals surface area contributed by atoms with Crippen molar-refractivity contribution in [1.29, 1.82) is 0 Å². The van der Waals surface area contributed by atoms with Crippen molar-refractivity contribution in [1.82, 2.24) is 5.43 Å². The molecular weight excluding hydrogens is 454 g/mol. The van der Waals surface area contributed by atoms with Crippen LogP contribution in [0.4, 0.5) is 22.7 Å². The molecule has 0 aromatic heterocycles. The molecule has 3 rings (SSSR count). The van der Waals surface area contributed by atoms with Crippen molar-refractivity contribution in [2.75, 3.05) is 16.0 Å². The van der Waals surface area contributed by atoms with Gasteiger partial charge in [-0.25, -0.2) is 5.43 Å². The zero-order valence-corrected chi connectivity index (χ0v) is 19.4. The third-order valence-corrected chi connectivity index (χ3v) is 5.13. The fourth-order valence-electron chi connectivity index (χ4n) is 2.92. The molecule has 3 aromatic rings. The topological polar surface area (TPSA) is 112 Å². The molecule has 0 fully saturated rings. The fourth-order valence-corrected chi connectivity index (χ4v) is 3.10. The minimum absolute atomic E-state index is 0.0562. The van der Waals surface area contributed by atoms with E-state index in [0.29, 0.717) is 27.7 Å². The molecule has 9 heteroatoms. The van der Waals surface area contributed by atoms with Crippen molar-refractivity contribution >= 4 is 57.8 Å². The second kappa shape index (κ2) is 11.6. The Kier molecular flexibility index (Phi) is 8.37. The highest BCUT2D eigenvalue weighted by molar-refractivity contribution is 6.40. The molecule has 0 bridgehead atoms. The van der Waals surface area contributed by atoms with Gasteiger partial charge in [0.1, 0.15) is 0 Å². The van der Waals surface area contributed by atoms with E-state index in [9.17, 15) is 14.4 Å². The van der Waals surface area contributed by atoms with E-state index in [2.05, 4.69) is 26.5 Å². The molecule has 0 saturated heterocycles. The summed E-state index contributed by atoms with van der Waals surface area (Å²) in [6.45, 7) is 3.30. The summed E-state index contributed by atoms with van der Waals surface area (Å²) in [4.78, 5) is 36.4. The van der Waals surface area contributed by atoms with E-state index in [1.54, 1.807) is 44.2 Å². The van der Waals surface area contributed by atoms with Crippen LogP contribution in [0.2, 0.25) is 5.02 Å². The van der Waals surface area contributed by atoms with Crippen LogP contribution in [-0.2, 0) is 14.4 Å². The average Bonchev–Trinajstić information content (AvgIpc) is 2.82. The first-order valence-corrected chi connectivity index (χ1v) is 10.8. The molecule has 0 heterocycles. The lowest BCUT2D eigenvalue weighted by Crippen LogP contribution is -2.33. The largest absolute Gasteiger partial charge is 0.356 e. The molecule has 0 atom stereocenters. The number of halogens is 1. The van der Waals surface area contributed by atoms with Gasteiger partial charge in [0.2, 0.25) is 5.91 Å². The number of carbonyl (C=O) groups excluding carboxylic acids is 3. The quantitative estimate of drug-likeness (QED) is 0.221. The number of anilines is 4. The second-order valence-electron chi connectivity index (χ2n) is 7.45. The third-order valence-electron chi connectivity index (χ3n) is 4.72. The monoisotopic (exact) mass is 477 g/mol. The number of para-hydroxylation sites is 1. The van der Waals surface area contributed by atoms with E-state index in [-0.39, 0.29) is 12.3 Å². The highest BCUT2D eigenvalue weighted by Crippen LogP contribution is 2.23. The highest BCUT2D eigenvalue weighted by Gasteiger charge is 2.15. The molecule has 34 heavy (non-hydrogen) atoms. The summed E-state index contributed by atoms with van der Waals surface area (Å²) in [5.74, 6) is -2.16. The summed E-state index contributed by atoms with van der Waals surface area (Å²) in [6.07, 6.45) is -0.0562. The van der Waals surface area contributed by atoms with Crippen molar-refractivity contribution in [3.8, 4) is 0 Å². The van der Waals surface area contributed by atoms with Gasteiger partial charge in [-0.1, -0.05) is 35.9 Å². The van der Waals surface area contributed by atoms with Crippen LogP contribution in [-0.4, -0.2) is 23.4 Å². The van der Waals surface area contributed by atoms with Gasteiger partial charge in [0.15, 0.2) is 0 Å². The number of rotatable bonds is 7. The minimum atomic E-state index is -0.958. The maximum atomic E-state index is 12.3. The predicted octanol–water partition coefficient (Wildman–Crippen LogP) is 4.85. The Balaban J connectivity index is 1.47. The van der Waals surface area contributed by atoms with Crippen molar-refractivity contribution in [3.05, 3.63) is 83.4 Å². The van der Waals surface area contributed by atoms with E-state index < -0.39 is 11.8 Å². The number of nitrogens with zero attached hydrogens (tertiary/aromatic N) is 1. The van der Waals surface area contributed by atoms with Gasteiger partial charge in [0.25, 0.3) is 0 Å². The molecule has 0 radical (unpaired) electrons. The van der Waals surface area contributed by atoms with Crippen LogP contribution in [0.5, 0.6) is 0 Å². The van der Waals surface area contributed by atoms with E-state index in [0.717, 1.165) is 11.4 Å². The number of nitrogens with one attached hydrogen (secondary N) is 4. The number of benzene rings is 3. The Morgan fingerprint density at radius 3 is 2.15 bits per heavy atom. The Morgan fingerprint density at radius 2 is 1.44 bits per heavy atom. The normalized spacial score (nSPS) is 10.9. The predicted molar refractivity (Wildman–Crippen MR) is 135 cm³/mol. The van der Waals surface area contributed by atoms with Crippen molar-refractivity contribution in [2.24, 2.45) is 5.10 Å². The van der Waals surface area contributed by atoms with Crippen molar-refractivity contribution < 1.29 is 14.4 Å². The van der Waals surface area contributed by atoms with Crippen molar-refractivity contribution in [2.45, 2.75) is 20.3 Å². The molecule has 4 N–H and O–H groups in total. The smallest absolute Gasteiger partial charge is 0.329 e. The lowest BCUT2D eigenvalue weighted by Gasteiger charge is -2.09. The van der Waals surface area contributed by atoms with E-state index in [1.165, 1.54) is 0 Å². The zero-order chi connectivity index (χ0) is 24.5. The first-order chi connectivity index (χ1) is 16.3. The number of hydrazone groups is 1. The first-order valence-electron chi connectivity index (χ1n) is 10.4. The second-order valence-corrected chi connectivity index (χ2v) is 7.86. The molecular formula is C25H24ClN5O3. The maximum absolute atomic E-state index is 12.3. The van der Waals surface area contributed by atoms with Crippen LogP contribution < -0.4 is 21.4 Å². The standard InChI is InChI=1S/C25H24ClN5O3/c1-16(30-31-25(34)24(33)29-22-10-6-9-21(26)17(22)2)15-23(32)28-20-13-11-19(12-14-20)27-18-7-4-3-5-8-18/h3-14,27H,15H2,1-2H3,(H,28,32)(H,29,33)(H,31,34)/b30-16+. The summed E-state index contributed by atoms with van der Waals surface area (Å²) in [6, 6.07) is 22.0. The molecule has 174 valence electrons. The number of hydrogen-bond donors (Lipinski definition) is 4. The third kappa shape index (κ3) is 7.18. The van der Waals surface area contributed by atoms with Gasteiger partial charge in [0.05, 0.1) is 6.42 Å². The molecule has 0 unspecified atom stereocenters. The molecule has 0 aliphatic carbocycles. The molecule has 3 aromatic carbocycles. The van der Waals surface area contributed by atoms with Crippen LogP contribution in [0.1, 0.15) is 18.9 Å². The van der Waals surface area contributed by atoms with Gasteiger partial charge in [0, 0.05) is 33.5 Å². The number of carbonyl (C=O) groups is 3. The van der Waals surface area contributed by atoms with Gasteiger partial charge in [-0.15, -0.1) is 0 Å². The van der Waals surface area contributed by atoms with Gasteiger partial charge < -0.3 is 16.0 Å². The summed E-state index contributed by atoms with van der Waals surface area (Å²) >= 11 is 6.01. The van der Waals surface area contributed by atoms with Gasteiger partial charge in [-0.3, -0.25) is 14.4 Å². The van der Waals surface area contributed by atoms with Crippen LogP contribution in [0.3, 0.4) is 0 Å². The summed E-state index contributed by atoms with van der Waals surface area (Å²) in [5.41, 5.74) is 6.03. The van der Waals surface area contributed by atoms with E-state index in [1.807, 2.05) is 42.5 Å². The molecule has 3 amide bonds. The maximum Gasteiger partial charge on any atom is 0.329 e. The summed E-state index contributed by atoms with van der Waals surface area (Å²) in [7, 11) is 0. The van der Waals surface area contributed by atoms with Crippen LogP contribution >= 0.6 is 11.6 Å². The fraction of sp³-hybridized carbons (Fsp3) is 0.120. The first kappa shape index (κ1) is 24.5. The molecule has 0 aliphatic heterocycles. The van der Waals surface area contributed by atoms with E-state index in [4.69, 9.17) is 11.6 Å². The van der Waals surface area contributed by atoms with Crippen LogP contribution in [0.15, 0.2) is 77.9 Å². The van der Waals surface area contributed by atoms with E-state index >= 15 is 0 Å². The highest BCUT2D eigenvalue weighted by atomic mass is 35.5. The molecule has 0 saturated carbocycles. The number of hydrogen-bond acceptors (Lipinski definition) is 5. The Bertz CT molecular complexity index is 1210. The summed E-state index contributed by atoms with van der Waals surface area (Å²) in [5, 5.41) is 12.8. The van der Waals surface area contributed by atoms with Crippen LogP contribution in [0, 0.1) is 6.92 Å². The lowest BCUT2D eigenvalue weighted by molar-refractivity contribution is -0.136. The lowest BCUT2D eigenvalue weighted by atomic mass is 10.2. The Labute approximate surface area is 202 Å². The van der Waals surface area contributed by atoms with Crippen LogP contribution in [0.25, 0.3) is 0 Å².